The molecule has 0 radical (unpaired) electrons. The topological polar surface area (TPSA) is 0 Å². The molecule has 16 heavy (non-hydrogen) atoms. The van der Waals surface area contributed by atoms with Crippen molar-refractivity contribution in [2.75, 3.05) is 0 Å². The van der Waals surface area contributed by atoms with E-state index in [1.165, 1.54) is 24.8 Å². The number of aryl methyl sites for hydroxylation is 2. The average Bonchev–Trinajstić information content (AvgIpc) is 2.21. The van der Waals surface area contributed by atoms with Crippen LogP contribution in [0.2, 0.25) is 0 Å². The van der Waals surface area contributed by atoms with Crippen molar-refractivity contribution in [1.29, 1.82) is 0 Å². The first kappa shape index (κ1) is 11.7. The Hall–Kier alpha value is -0.780. The molecule has 0 heteroatoms. The lowest BCUT2D eigenvalue weighted by atomic mass is 9.72. The number of hydrogen-bond donors (Lipinski definition) is 0. The van der Waals surface area contributed by atoms with Crippen molar-refractivity contribution in [3.05, 3.63) is 34.9 Å². The first-order chi connectivity index (χ1) is 7.30. The van der Waals surface area contributed by atoms with E-state index in [1.54, 1.807) is 11.1 Å². The molecule has 0 aliphatic heterocycles. The average molecular weight is 216 g/mol. The smallest absolute Gasteiger partial charge is 0.00957 e. The highest BCUT2D eigenvalue weighted by Gasteiger charge is 2.34. The molecule has 0 unspecified atom stereocenters. The van der Waals surface area contributed by atoms with E-state index in [2.05, 4.69) is 52.8 Å². The first-order valence-corrected chi connectivity index (χ1v) is 6.40. The molecule has 0 saturated heterocycles. The lowest BCUT2D eigenvalue weighted by Gasteiger charge is -2.33. The lowest BCUT2D eigenvalue weighted by molar-refractivity contribution is 0.251. The summed E-state index contributed by atoms with van der Waals surface area (Å²) in [6.45, 7) is 11.8. The molecular formula is C16H24. The molecule has 0 amide bonds. The van der Waals surface area contributed by atoms with Gasteiger partial charge in [0.25, 0.3) is 0 Å². The molecule has 2 rings (SSSR count). The van der Waals surface area contributed by atoms with Gasteiger partial charge in [-0.2, -0.15) is 0 Å². The van der Waals surface area contributed by atoms with Crippen LogP contribution in [-0.4, -0.2) is 0 Å². The van der Waals surface area contributed by atoms with Gasteiger partial charge in [0.15, 0.2) is 0 Å². The SMILES string of the molecule is Cc1ccc2c(c1)C(C)(C)CC(C)(C)CC2. The molecule has 1 aliphatic carbocycles. The second kappa shape index (κ2) is 3.61. The maximum Gasteiger partial charge on any atom is -0.00957 e. The Morgan fingerprint density at radius 2 is 1.75 bits per heavy atom. The van der Waals surface area contributed by atoms with Crippen molar-refractivity contribution in [3.8, 4) is 0 Å². The molecule has 0 aromatic heterocycles. The molecule has 0 saturated carbocycles. The predicted octanol–water partition coefficient (Wildman–Crippen LogP) is 4.64. The number of fused-ring (bicyclic) bond motifs is 1. The Labute approximate surface area is 100 Å². The molecule has 0 spiro atoms. The summed E-state index contributed by atoms with van der Waals surface area (Å²) in [5.41, 5.74) is 5.34. The van der Waals surface area contributed by atoms with Crippen LogP contribution in [0, 0.1) is 12.3 Å². The molecule has 1 aromatic carbocycles. The normalized spacial score (nSPS) is 22.3. The summed E-state index contributed by atoms with van der Waals surface area (Å²) in [6.07, 6.45) is 3.84. The molecular weight excluding hydrogens is 192 g/mol. The van der Waals surface area contributed by atoms with Crippen LogP contribution in [0.3, 0.4) is 0 Å². The predicted molar refractivity (Wildman–Crippen MR) is 70.9 cm³/mol. The van der Waals surface area contributed by atoms with Crippen LogP contribution in [0.25, 0.3) is 0 Å². The van der Waals surface area contributed by atoms with Gasteiger partial charge in [-0.3, -0.25) is 0 Å². The van der Waals surface area contributed by atoms with Crippen LogP contribution in [0.1, 0.15) is 57.2 Å². The fourth-order valence-electron chi connectivity index (χ4n) is 3.39. The molecule has 0 heterocycles. The van der Waals surface area contributed by atoms with E-state index in [1.807, 2.05) is 0 Å². The number of rotatable bonds is 0. The van der Waals surface area contributed by atoms with Crippen LogP contribution in [0.15, 0.2) is 18.2 Å². The van der Waals surface area contributed by atoms with Crippen LogP contribution in [-0.2, 0) is 11.8 Å². The molecule has 0 atom stereocenters. The molecule has 88 valence electrons. The molecule has 0 fully saturated rings. The van der Waals surface area contributed by atoms with Crippen LogP contribution >= 0.6 is 0 Å². The summed E-state index contributed by atoms with van der Waals surface area (Å²) in [6, 6.07) is 7.00. The summed E-state index contributed by atoms with van der Waals surface area (Å²) in [7, 11) is 0. The van der Waals surface area contributed by atoms with E-state index in [0.29, 0.717) is 10.8 Å². The minimum atomic E-state index is 0.321. The zero-order valence-electron chi connectivity index (χ0n) is 11.4. The fraction of sp³-hybridized carbons (Fsp3) is 0.625. The number of benzene rings is 1. The van der Waals surface area contributed by atoms with Gasteiger partial charge in [-0.15, -0.1) is 0 Å². The third kappa shape index (κ3) is 2.16. The second-order valence-electron chi connectivity index (χ2n) is 6.89. The van der Waals surface area contributed by atoms with Crippen molar-refractivity contribution < 1.29 is 0 Å². The van der Waals surface area contributed by atoms with Gasteiger partial charge in [-0.25, -0.2) is 0 Å². The maximum absolute atomic E-state index is 2.41. The molecule has 0 bridgehead atoms. The number of hydrogen-bond acceptors (Lipinski definition) is 0. The third-order valence-electron chi connectivity index (χ3n) is 3.99. The Morgan fingerprint density at radius 3 is 2.44 bits per heavy atom. The van der Waals surface area contributed by atoms with E-state index >= 15 is 0 Å². The Kier molecular flexibility index (Phi) is 2.64. The van der Waals surface area contributed by atoms with Crippen molar-refractivity contribution in [2.24, 2.45) is 5.41 Å². The summed E-state index contributed by atoms with van der Waals surface area (Å²) < 4.78 is 0. The molecule has 0 N–H and O–H groups in total. The highest BCUT2D eigenvalue weighted by Crippen LogP contribution is 2.44. The molecule has 0 nitrogen and oxygen atoms in total. The quantitative estimate of drug-likeness (QED) is 0.554. The van der Waals surface area contributed by atoms with Crippen molar-refractivity contribution in [1.82, 2.24) is 0 Å². The van der Waals surface area contributed by atoms with Gasteiger partial charge in [-0.1, -0.05) is 51.5 Å². The third-order valence-corrected chi connectivity index (χ3v) is 3.99. The van der Waals surface area contributed by atoms with Gasteiger partial charge < -0.3 is 0 Å². The zero-order valence-corrected chi connectivity index (χ0v) is 11.4. The van der Waals surface area contributed by atoms with Crippen molar-refractivity contribution in [3.63, 3.8) is 0 Å². The Bertz CT molecular complexity index is 396. The standard InChI is InChI=1S/C16H24/c1-12-6-7-13-8-9-15(2,3)11-16(4,5)14(13)10-12/h6-7,10H,8-9,11H2,1-5H3. The highest BCUT2D eigenvalue weighted by atomic mass is 14.4. The lowest BCUT2D eigenvalue weighted by Crippen LogP contribution is -2.25. The minimum absolute atomic E-state index is 0.321. The molecule has 1 aliphatic rings. The van der Waals surface area contributed by atoms with Gasteiger partial charge in [0.1, 0.15) is 0 Å². The maximum atomic E-state index is 2.41. The monoisotopic (exact) mass is 216 g/mol. The van der Waals surface area contributed by atoms with E-state index in [0.717, 1.165) is 0 Å². The van der Waals surface area contributed by atoms with E-state index < -0.39 is 0 Å². The van der Waals surface area contributed by atoms with Gasteiger partial charge in [0.05, 0.1) is 0 Å². The van der Waals surface area contributed by atoms with Gasteiger partial charge in [-0.05, 0) is 48.1 Å². The Balaban J connectivity index is 2.51. The summed E-state index contributed by atoms with van der Waals surface area (Å²) in [5, 5.41) is 0. The second-order valence-corrected chi connectivity index (χ2v) is 6.89. The van der Waals surface area contributed by atoms with Crippen LogP contribution in [0.4, 0.5) is 0 Å². The van der Waals surface area contributed by atoms with Gasteiger partial charge >= 0.3 is 0 Å². The van der Waals surface area contributed by atoms with Crippen LogP contribution in [0.5, 0.6) is 0 Å². The van der Waals surface area contributed by atoms with Gasteiger partial charge in [0.2, 0.25) is 0 Å². The summed E-state index contributed by atoms with van der Waals surface area (Å²) in [5.74, 6) is 0. The minimum Gasteiger partial charge on any atom is -0.0599 e. The van der Waals surface area contributed by atoms with Crippen molar-refractivity contribution >= 4 is 0 Å². The first-order valence-electron chi connectivity index (χ1n) is 6.40. The van der Waals surface area contributed by atoms with Crippen molar-refractivity contribution in [2.45, 2.75) is 59.3 Å². The highest BCUT2D eigenvalue weighted by molar-refractivity contribution is 5.38. The Morgan fingerprint density at radius 1 is 1.06 bits per heavy atom. The fourth-order valence-corrected chi connectivity index (χ4v) is 3.39. The van der Waals surface area contributed by atoms with E-state index in [9.17, 15) is 0 Å². The van der Waals surface area contributed by atoms with Gasteiger partial charge in [0, 0.05) is 0 Å². The summed E-state index contributed by atoms with van der Waals surface area (Å²) in [4.78, 5) is 0. The van der Waals surface area contributed by atoms with E-state index in [-0.39, 0.29) is 0 Å². The zero-order chi connectivity index (χ0) is 12.0. The summed E-state index contributed by atoms with van der Waals surface area (Å²) >= 11 is 0. The van der Waals surface area contributed by atoms with E-state index in [4.69, 9.17) is 0 Å². The molecule has 1 aromatic rings. The van der Waals surface area contributed by atoms with Crippen LogP contribution < -0.4 is 0 Å². The largest absolute Gasteiger partial charge is 0.0599 e.